The van der Waals surface area contributed by atoms with Crippen molar-refractivity contribution in [2.45, 2.75) is 18.6 Å². The summed E-state index contributed by atoms with van der Waals surface area (Å²) in [4.78, 5) is 11.0. The molecular formula is C9H12O9S2. The van der Waals surface area contributed by atoms with Gasteiger partial charge in [0.05, 0.1) is 18.1 Å². The largest absolute Gasteiger partial charge is 0.508 e. The zero-order valence-electron chi connectivity index (χ0n) is 10.2. The lowest BCUT2D eigenvalue weighted by molar-refractivity contribution is -0.0280. The van der Waals surface area contributed by atoms with Crippen LogP contribution in [0.25, 0.3) is 0 Å². The van der Waals surface area contributed by atoms with Crippen LogP contribution in [0.5, 0.6) is 0 Å². The zero-order chi connectivity index (χ0) is 14.6. The van der Waals surface area contributed by atoms with Gasteiger partial charge in [-0.2, -0.15) is 16.8 Å². The Balaban J connectivity index is 1.89. The predicted molar refractivity (Wildman–Crippen MR) is 61.7 cm³/mol. The fourth-order valence-corrected chi connectivity index (χ4v) is 5.68. The van der Waals surface area contributed by atoms with Gasteiger partial charge in [0, 0.05) is 5.41 Å². The van der Waals surface area contributed by atoms with Crippen LogP contribution >= 0.6 is 0 Å². The molecule has 0 radical (unpaired) electrons. The van der Waals surface area contributed by atoms with Crippen LogP contribution < -0.4 is 0 Å². The third-order valence-corrected chi connectivity index (χ3v) is 6.25. The van der Waals surface area contributed by atoms with Gasteiger partial charge in [0.25, 0.3) is 20.2 Å². The first-order valence-electron chi connectivity index (χ1n) is 5.83. The molecule has 0 aromatic carbocycles. The average Bonchev–Trinajstić information content (AvgIpc) is 2.86. The first kappa shape index (κ1) is 14.0. The molecule has 3 aliphatic heterocycles. The van der Waals surface area contributed by atoms with E-state index in [9.17, 15) is 21.6 Å². The average molecular weight is 328 g/mol. The summed E-state index contributed by atoms with van der Waals surface area (Å²) in [6.45, 7) is -0.444. The molecule has 0 aromatic rings. The Bertz CT molecular complexity index is 620. The van der Waals surface area contributed by atoms with Gasteiger partial charge in [-0.15, -0.1) is 0 Å². The minimum Gasteiger partial charge on any atom is -0.430 e. The summed E-state index contributed by atoms with van der Waals surface area (Å²) in [6.07, 6.45) is -2.71. The van der Waals surface area contributed by atoms with Crippen molar-refractivity contribution in [2.24, 2.45) is 5.41 Å². The van der Waals surface area contributed by atoms with E-state index in [1.807, 2.05) is 0 Å². The topological polar surface area (TPSA) is 122 Å². The molecule has 3 atom stereocenters. The van der Waals surface area contributed by atoms with Crippen molar-refractivity contribution in [3.05, 3.63) is 0 Å². The summed E-state index contributed by atoms with van der Waals surface area (Å²) >= 11 is 0. The summed E-state index contributed by atoms with van der Waals surface area (Å²) in [5, 5.41) is 0. The number of cyclic esters (lactones) is 2. The van der Waals surface area contributed by atoms with Crippen LogP contribution in [0.4, 0.5) is 4.79 Å². The number of hydrogen-bond acceptors (Lipinski definition) is 9. The standard InChI is InChI=1S/C9H12O9S2/c10-8-15-3-6(17-8)7-9(5-20(13,14)18-7)1-2-19(11,12)16-4-9/h6-7H,1-5H2. The van der Waals surface area contributed by atoms with Crippen molar-refractivity contribution in [3.8, 4) is 0 Å². The van der Waals surface area contributed by atoms with E-state index in [0.29, 0.717) is 0 Å². The molecule has 3 unspecified atom stereocenters. The Morgan fingerprint density at radius 1 is 1.15 bits per heavy atom. The molecule has 3 heterocycles. The van der Waals surface area contributed by atoms with Crippen molar-refractivity contribution in [1.29, 1.82) is 0 Å². The molecule has 1 spiro atoms. The lowest BCUT2D eigenvalue weighted by atomic mass is 9.79. The van der Waals surface area contributed by atoms with Gasteiger partial charge in [0.2, 0.25) is 0 Å². The summed E-state index contributed by atoms with van der Waals surface area (Å²) in [5.41, 5.74) is -1.04. The monoisotopic (exact) mass is 328 g/mol. The summed E-state index contributed by atoms with van der Waals surface area (Å²) in [5.74, 6) is -0.669. The van der Waals surface area contributed by atoms with E-state index in [0.717, 1.165) is 0 Å². The second kappa shape index (κ2) is 4.29. The fraction of sp³-hybridized carbons (Fsp3) is 0.889. The van der Waals surface area contributed by atoms with Crippen molar-refractivity contribution in [1.82, 2.24) is 0 Å². The van der Waals surface area contributed by atoms with E-state index in [2.05, 4.69) is 4.74 Å². The Morgan fingerprint density at radius 2 is 1.90 bits per heavy atom. The van der Waals surface area contributed by atoms with Crippen molar-refractivity contribution in [2.75, 3.05) is 24.7 Å². The summed E-state index contributed by atoms with van der Waals surface area (Å²) in [6, 6.07) is 0. The van der Waals surface area contributed by atoms with E-state index in [1.54, 1.807) is 0 Å². The van der Waals surface area contributed by atoms with Gasteiger partial charge in [-0.3, -0.25) is 8.37 Å². The quantitative estimate of drug-likeness (QED) is 0.440. The molecule has 3 aliphatic rings. The number of carbonyl (C=O) groups excluding carboxylic acids is 1. The highest BCUT2D eigenvalue weighted by Gasteiger charge is 2.59. The molecule has 0 amide bonds. The van der Waals surface area contributed by atoms with E-state index in [-0.39, 0.29) is 31.1 Å². The Morgan fingerprint density at radius 3 is 2.45 bits per heavy atom. The van der Waals surface area contributed by atoms with Gasteiger partial charge in [0.1, 0.15) is 12.7 Å². The molecule has 9 nitrogen and oxygen atoms in total. The molecule has 0 N–H and O–H groups in total. The highest BCUT2D eigenvalue weighted by molar-refractivity contribution is 7.87. The predicted octanol–water partition coefficient (Wildman–Crippen LogP) is -1.01. The normalized spacial score (nSPS) is 42.3. The molecule has 0 saturated carbocycles. The van der Waals surface area contributed by atoms with Crippen LogP contribution in [-0.2, 0) is 38.1 Å². The highest BCUT2D eigenvalue weighted by Crippen LogP contribution is 2.44. The number of rotatable bonds is 1. The second-order valence-corrected chi connectivity index (χ2v) is 8.43. The van der Waals surface area contributed by atoms with Gasteiger partial charge >= 0.3 is 6.16 Å². The van der Waals surface area contributed by atoms with Crippen LogP contribution in [0.15, 0.2) is 0 Å². The minimum atomic E-state index is -3.82. The van der Waals surface area contributed by atoms with Crippen LogP contribution in [0, 0.1) is 5.41 Å². The molecule has 114 valence electrons. The number of carbonyl (C=O) groups is 1. The van der Waals surface area contributed by atoms with E-state index in [1.165, 1.54) is 0 Å². The van der Waals surface area contributed by atoms with Gasteiger partial charge in [-0.25, -0.2) is 4.79 Å². The summed E-state index contributed by atoms with van der Waals surface area (Å²) < 4.78 is 65.3. The first-order chi connectivity index (χ1) is 9.22. The lowest BCUT2D eigenvalue weighted by Gasteiger charge is -2.36. The molecular weight excluding hydrogens is 316 g/mol. The third kappa shape index (κ3) is 2.38. The highest BCUT2D eigenvalue weighted by atomic mass is 32.2. The van der Waals surface area contributed by atoms with Crippen LogP contribution in [0.1, 0.15) is 6.42 Å². The van der Waals surface area contributed by atoms with Gasteiger partial charge in [-0.1, -0.05) is 0 Å². The number of hydrogen-bond donors (Lipinski definition) is 0. The zero-order valence-corrected chi connectivity index (χ0v) is 11.8. The second-order valence-electron chi connectivity index (χ2n) is 5.07. The lowest BCUT2D eigenvalue weighted by Crippen LogP contribution is -2.49. The number of ether oxygens (including phenoxy) is 2. The minimum absolute atomic E-state index is 0.0628. The van der Waals surface area contributed by atoms with Crippen LogP contribution in [0.3, 0.4) is 0 Å². The summed E-state index contributed by atoms with van der Waals surface area (Å²) in [7, 11) is -7.45. The maximum atomic E-state index is 11.7. The maximum Gasteiger partial charge on any atom is 0.508 e. The Hall–Kier alpha value is -0.910. The van der Waals surface area contributed by atoms with Gasteiger partial charge in [-0.05, 0) is 6.42 Å². The smallest absolute Gasteiger partial charge is 0.430 e. The first-order valence-corrected chi connectivity index (χ1v) is 8.98. The SMILES string of the molecule is O=C1OCC(C2OS(=O)(=O)CC23CCS(=O)(=O)OC3)O1. The molecule has 0 aliphatic carbocycles. The molecule has 3 rings (SSSR count). The molecule has 20 heavy (non-hydrogen) atoms. The van der Waals surface area contributed by atoms with E-state index >= 15 is 0 Å². The van der Waals surface area contributed by atoms with Gasteiger partial charge in [0.15, 0.2) is 6.10 Å². The van der Waals surface area contributed by atoms with Crippen molar-refractivity contribution in [3.63, 3.8) is 0 Å². The third-order valence-electron chi connectivity index (χ3n) is 3.64. The van der Waals surface area contributed by atoms with E-state index in [4.69, 9.17) is 13.1 Å². The molecule has 0 bridgehead atoms. The molecule has 0 aromatic heterocycles. The maximum absolute atomic E-state index is 11.7. The molecule has 3 fully saturated rings. The fourth-order valence-electron chi connectivity index (χ4n) is 2.68. The van der Waals surface area contributed by atoms with Crippen molar-refractivity contribution < 1.29 is 39.5 Å². The van der Waals surface area contributed by atoms with Crippen molar-refractivity contribution >= 4 is 26.4 Å². The van der Waals surface area contributed by atoms with Crippen LogP contribution in [0.2, 0.25) is 0 Å². The van der Waals surface area contributed by atoms with Crippen LogP contribution in [-0.4, -0.2) is 59.9 Å². The molecule has 3 saturated heterocycles. The van der Waals surface area contributed by atoms with E-state index < -0.39 is 44.0 Å². The Labute approximate surface area is 115 Å². The Kier molecular flexibility index (Phi) is 3.01. The van der Waals surface area contributed by atoms with Gasteiger partial charge < -0.3 is 9.47 Å². The molecule has 11 heteroatoms.